The van der Waals surface area contributed by atoms with Crippen molar-refractivity contribution in [1.29, 1.82) is 0 Å². The van der Waals surface area contributed by atoms with Gasteiger partial charge >= 0.3 is 0 Å². The van der Waals surface area contributed by atoms with E-state index in [1.165, 1.54) is 5.56 Å². The van der Waals surface area contributed by atoms with Gasteiger partial charge in [0, 0.05) is 12.6 Å². The highest BCUT2D eigenvalue weighted by Gasteiger charge is 2.03. The van der Waals surface area contributed by atoms with E-state index in [4.69, 9.17) is 4.74 Å². The molecule has 18 heavy (non-hydrogen) atoms. The van der Waals surface area contributed by atoms with Crippen molar-refractivity contribution in [1.82, 2.24) is 5.32 Å². The third-order valence-electron chi connectivity index (χ3n) is 2.74. The van der Waals surface area contributed by atoms with Crippen LogP contribution in [0.25, 0.3) is 0 Å². The Kier molecular flexibility index (Phi) is 6.76. The number of hydrogen-bond acceptors (Lipinski definition) is 3. The molecule has 0 amide bonds. The average Bonchev–Trinajstić information content (AvgIpc) is 2.31. The second kappa shape index (κ2) is 8.11. The minimum Gasteiger partial charge on any atom is -0.508 e. The summed E-state index contributed by atoms with van der Waals surface area (Å²) < 4.78 is 5.49. The predicted octanol–water partition coefficient (Wildman–Crippen LogP) is 2.73. The molecular weight excluding hydrogens is 226 g/mol. The molecule has 1 aromatic carbocycles. The molecule has 1 unspecified atom stereocenters. The molecule has 0 aliphatic rings. The summed E-state index contributed by atoms with van der Waals surface area (Å²) in [6, 6.07) is 7.84. The smallest absolute Gasteiger partial charge is 0.115 e. The van der Waals surface area contributed by atoms with Crippen molar-refractivity contribution in [3.8, 4) is 5.75 Å². The van der Waals surface area contributed by atoms with E-state index in [1.807, 2.05) is 12.1 Å². The van der Waals surface area contributed by atoms with E-state index in [1.54, 1.807) is 12.1 Å². The molecule has 0 spiro atoms. The van der Waals surface area contributed by atoms with E-state index in [0.29, 0.717) is 17.9 Å². The van der Waals surface area contributed by atoms with Crippen molar-refractivity contribution in [2.75, 3.05) is 13.2 Å². The molecule has 1 aromatic rings. The van der Waals surface area contributed by atoms with Gasteiger partial charge in [0.1, 0.15) is 5.75 Å². The molecule has 3 nitrogen and oxygen atoms in total. The minimum atomic E-state index is 0.319. The molecule has 102 valence electrons. The summed E-state index contributed by atoms with van der Waals surface area (Å²) in [5, 5.41) is 12.7. The van der Waals surface area contributed by atoms with Crippen molar-refractivity contribution in [3.05, 3.63) is 29.8 Å². The molecule has 0 heterocycles. The second-order valence-electron chi connectivity index (χ2n) is 5.00. The molecule has 0 aliphatic carbocycles. The van der Waals surface area contributed by atoms with Crippen LogP contribution in [0.15, 0.2) is 24.3 Å². The molecule has 3 heteroatoms. The first-order valence-electron chi connectivity index (χ1n) is 6.71. The minimum absolute atomic E-state index is 0.319. The van der Waals surface area contributed by atoms with Gasteiger partial charge in [-0.1, -0.05) is 12.1 Å². The quantitative estimate of drug-likeness (QED) is 0.698. The van der Waals surface area contributed by atoms with Crippen molar-refractivity contribution in [2.24, 2.45) is 0 Å². The van der Waals surface area contributed by atoms with Gasteiger partial charge in [-0.05, 0) is 57.9 Å². The van der Waals surface area contributed by atoms with E-state index in [0.717, 1.165) is 26.0 Å². The molecule has 0 bridgehead atoms. The fraction of sp³-hybridized carbons (Fsp3) is 0.600. The molecular formula is C15H25NO2. The number of ether oxygens (including phenoxy) is 1. The molecule has 0 radical (unpaired) electrons. The average molecular weight is 251 g/mol. The van der Waals surface area contributed by atoms with Crippen LogP contribution in [0.4, 0.5) is 0 Å². The van der Waals surface area contributed by atoms with Crippen LogP contribution < -0.4 is 5.32 Å². The van der Waals surface area contributed by atoms with Crippen LogP contribution in [-0.4, -0.2) is 30.4 Å². The Bertz CT molecular complexity index is 322. The highest BCUT2D eigenvalue weighted by molar-refractivity contribution is 5.26. The number of aromatic hydroxyl groups is 1. The van der Waals surface area contributed by atoms with E-state index in [-0.39, 0.29) is 0 Å². The lowest BCUT2D eigenvalue weighted by Crippen LogP contribution is -2.29. The lowest BCUT2D eigenvalue weighted by molar-refractivity contribution is 0.0768. The third-order valence-corrected chi connectivity index (χ3v) is 2.74. The first-order valence-corrected chi connectivity index (χ1v) is 6.71. The van der Waals surface area contributed by atoms with Crippen LogP contribution >= 0.6 is 0 Å². The molecule has 0 aliphatic heterocycles. The summed E-state index contributed by atoms with van der Waals surface area (Å²) in [5.74, 6) is 0.324. The SMILES string of the molecule is CC(Cc1ccc(O)cc1)NCCCOC(C)C. The zero-order valence-corrected chi connectivity index (χ0v) is 11.6. The number of benzene rings is 1. The van der Waals surface area contributed by atoms with Gasteiger partial charge in [-0.2, -0.15) is 0 Å². The highest BCUT2D eigenvalue weighted by Crippen LogP contribution is 2.11. The van der Waals surface area contributed by atoms with Crippen LogP contribution in [0.3, 0.4) is 0 Å². The van der Waals surface area contributed by atoms with E-state index in [9.17, 15) is 5.11 Å². The summed E-state index contributed by atoms with van der Waals surface area (Å²) in [6.45, 7) is 8.08. The van der Waals surface area contributed by atoms with Gasteiger partial charge in [-0.3, -0.25) is 0 Å². The maximum atomic E-state index is 9.21. The van der Waals surface area contributed by atoms with Gasteiger partial charge in [-0.15, -0.1) is 0 Å². The molecule has 1 rings (SSSR count). The Hall–Kier alpha value is -1.06. The first-order chi connectivity index (χ1) is 8.58. The molecule has 0 saturated heterocycles. The standard InChI is InChI=1S/C15H25NO2/c1-12(2)18-10-4-9-16-13(3)11-14-5-7-15(17)8-6-14/h5-8,12-13,16-17H,4,9-11H2,1-3H3. The summed E-state index contributed by atoms with van der Waals surface area (Å²) in [4.78, 5) is 0. The van der Waals surface area contributed by atoms with Crippen LogP contribution in [0, 0.1) is 0 Å². The zero-order valence-electron chi connectivity index (χ0n) is 11.6. The van der Waals surface area contributed by atoms with Gasteiger partial charge in [0.2, 0.25) is 0 Å². The van der Waals surface area contributed by atoms with Crippen LogP contribution in [-0.2, 0) is 11.2 Å². The highest BCUT2D eigenvalue weighted by atomic mass is 16.5. The summed E-state index contributed by atoms with van der Waals surface area (Å²) in [5.41, 5.74) is 1.24. The monoisotopic (exact) mass is 251 g/mol. The fourth-order valence-electron chi connectivity index (χ4n) is 1.80. The van der Waals surface area contributed by atoms with Gasteiger partial charge in [-0.25, -0.2) is 0 Å². The number of hydrogen-bond donors (Lipinski definition) is 2. The molecule has 0 aromatic heterocycles. The van der Waals surface area contributed by atoms with Crippen LogP contribution in [0.5, 0.6) is 5.75 Å². The summed E-state index contributed by atoms with van der Waals surface area (Å²) >= 11 is 0. The summed E-state index contributed by atoms with van der Waals surface area (Å²) in [7, 11) is 0. The Morgan fingerprint density at radius 2 is 1.83 bits per heavy atom. The van der Waals surface area contributed by atoms with Gasteiger partial charge < -0.3 is 15.2 Å². The topological polar surface area (TPSA) is 41.5 Å². The van der Waals surface area contributed by atoms with Gasteiger partial charge in [0.15, 0.2) is 0 Å². The maximum Gasteiger partial charge on any atom is 0.115 e. The zero-order chi connectivity index (χ0) is 13.4. The fourth-order valence-corrected chi connectivity index (χ4v) is 1.80. The number of rotatable bonds is 8. The summed E-state index contributed by atoms with van der Waals surface area (Å²) in [6.07, 6.45) is 2.34. The van der Waals surface area contributed by atoms with E-state index < -0.39 is 0 Å². The van der Waals surface area contributed by atoms with Gasteiger partial charge in [0.05, 0.1) is 6.10 Å². The van der Waals surface area contributed by atoms with Crippen LogP contribution in [0.2, 0.25) is 0 Å². The van der Waals surface area contributed by atoms with Crippen molar-refractivity contribution >= 4 is 0 Å². The van der Waals surface area contributed by atoms with E-state index >= 15 is 0 Å². The number of phenols is 1. The lowest BCUT2D eigenvalue weighted by Gasteiger charge is -2.14. The first kappa shape index (κ1) is 15.0. The normalized spacial score (nSPS) is 12.9. The molecule has 0 saturated carbocycles. The second-order valence-corrected chi connectivity index (χ2v) is 5.00. The van der Waals surface area contributed by atoms with Crippen molar-refractivity contribution in [3.63, 3.8) is 0 Å². The Morgan fingerprint density at radius 1 is 1.17 bits per heavy atom. The largest absolute Gasteiger partial charge is 0.508 e. The molecule has 0 fully saturated rings. The van der Waals surface area contributed by atoms with Crippen molar-refractivity contribution in [2.45, 2.75) is 45.8 Å². The number of phenolic OH excluding ortho intramolecular Hbond substituents is 1. The number of nitrogens with one attached hydrogen (secondary N) is 1. The maximum absolute atomic E-state index is 9.21. The molecule has 1 atom stereocenters. The van der Waals surface area contributed by atoms with Crippen LogP contribution in [0.1, 0.15) is 32.8 Å². The molecule has 2 N–H and O–H groups in total. The Balaban J connectivity index is 2.13. The lowest BCUT2D eigenvalue weighted by atomic mass is 10.1. The Labute approximate surface area is 110 Å². The predicted molar refractivity (Wildman–Crippen MR) is 75.0 cm³/mol. The van der Waals surface area contributed by atoms with Crippen molar-refractivity contribution < 1.29 is 9.84 Å². The van der Waals surface area contributed by atoms with E-state index in [2.05, 4.69) is 26.1 Å². The Morgan fingerprint density at radius 3 is 2.44 bits per heavy atom. The third kappa shape index (κ3) is 6.62. The van der Waals surface area contributed by atoms with Gasteiger partial charge in [0.25, 0.3) is 0 Å².